The Morgan fingerprint density at radius 2 is 1.96 bits per heavy atom. The Morgan fingerprint density at radius 1 is 1.24 bits per heavy atom. The number of aromatic nitrogens is 1. The Kier molecular flexibility index (Phi) is 4.83. The van der Waals surface area contributed by atoms with Crippen LogP contribution in [-0.4, -0.2) is 23.3 Å². The highest BCUT2D eigenvalue weighted by Gasteiger charge is 2.36. The minimum Gasteiger partial charge on any atom is -0.349 e. The van der Waals surface area contributed by atoms with Crippen LogP contribution in [0.15, 0.2) is 42.7 Å². The van der Waals surface area contributed by atoms with Crippen molar-refractivity contribution in [2.24, 2.45) is 5.92 Å². The van der Waals surface area contributed by atoms with Gasteiger partial charge < -0.3 is 10.2 Å². The van der Waals surface area contributed by atoms with Gasteiger partial charge in [-0.15, -0.1) is 0 Å². The van der Waals surface area contributed by atoms with Gasteiger partial charge in [-0.25, -0.2) is 0 Å². The van der Waals surface area contributed by atoms with Crippen molar-refractivity contribution in [3.05, 3.63) is 59.4 Å². The third-order valence-corrected chi connectivity index (χ3v) is 4.93. The third kappa shape index (κ3) is 3.55. The zero-order valence-corrected chi connectivity index (χ0v) is 14.8. The molecule has 0 radical (unpaired) electrons. The lowest BCUT2D eigenvalue weighted by molar-refractivity contribution is -0.126. The number of nitrogens with one attached hydrogen (secondary N) is 1. The number of benzene rings is 1. The van der Waals surface area contributed by atoms with Crippen LogP contribution in [0.3, 0.4) is 0 Å². The van der Waals surface area contributed by atoms with E-state index in [1.54, 1.807) is 17.3 Å². The molecular weight excluding hydrogens is 314 g/mol. The second kappa shape index (κ2) is 7.05. The lowest BCUT2D eigenvalue weighted by atomic mass is 10.1. The molecule has 1 aromatic heterocycles. The molecule has 1 aliphatic heterocycles. The Hall–Kier alpha value is -2.69. The number of rotatable bonds is 4. The van der Waals surface area contributed by atoms with Crippen LogP contribution < -0.4 is 10.2 Å². The first-order valence-corrected chi connectivity index (χ1v) is 8.54. The Bertz CT molecular complexity index is 789. The Labute approximate surface area is 148 Å². The molecule has 1 fully saturated rings. The van der Waals surface area contributed by atoms with Gasteiger partial charge >= 0.3 is 0 Å². The molecule has 2 atom stereocenters. The van der Waals surface area contributed by atoms with E-state index in [0.717, 1.165) is 22.4 Å². The zero-order valence-electron chi connectivity index (χ0n) is 14.8. The van der Waals surface area contributed by atoms with E-state index in [2.05, 4.69) is 10.3 Å². The van der Waals surface area contributed by atoms with E-state index in [1.165, 1.54) is 0 Å². The normalized spacial score (nSPS) is 18.3. The van der Waals surface area contributed by atoms with E-state index in [0.29, 0.717) is 6.54 Å². The second-order valence-corrected chi connectivity index (χ2v) is 6.64. The molecule has 0 saturated carbocycles. The van der Waals surface area contributed by atoms with Gasteiger partial charge in [0.2, 0.25) is 11.8 Å². The molecule has 5 heteroatoms. The van der Waals surface area contributed by atoms with E-state index in [-0.39, 0.29) is 30.2 Å². The first-order valence-electron chi connectivity index (χ1n) is 8.54. The number of hydrogen-bond acceptors (Lipinski definition) is 3. The van der Waals surface area contributed by atoms with Gasteiger partial charge in [-0.2, -0.15) is 0 Å². The number of aryl methyl sites for hydroxylation is 1. The average Bonchev–Trinajstić information content (AvgIpc) is 3.00. The van der Waals surface area contributed by atoms with Gasteiger partial charge in [0.1, 0.15) is 0 Å². The number of hydrogen-bond donors (Lipinski definition) is 1. The lowest BCUT2D eigenvalue weighted by Crippen LogP contribution is -2.34. The summed E-state index contributed by atoms with van der Waals surface area (Å²) in [6.45, 7) is 6.40. The van der Waals surface area contributed by atoms with Crippen molar-refractivity contribution < 1.29 is 9.59 Å². The van der Waals surface area contributed by atoms with E-state index in [1.807, 2.05) is 51.1 Å². The van der Waals surface area contributed by atoms with Gasteiger partial charge in [-0.05, 0) is 55.7 Å². The lowest BCUT2D eigenvalue weighted by Gasteiger charge is -2.21. The summed E-state index contributed by atoms with van der Waals surface area (Å²) in [4.78, 5) is 30.8. The van der Waals surface area contributed by atoms with Crippen LogP contribution in [-0.2, 0) is 9.59 Å². The number of pyridine rings is 1. The zero-order chi connectivity index (χ0) is 18.0. The summed E-state index contributed by atoms with van der Waals surface area (Å²) in [7, 11) is 0. The van der Waals surface area contributed by atoms with E-state index >= 15 is 0 Å². The molecular formula is C20H23N3O2. The summed E-state index contributed by atoms with van der Waals surface area (Å²) >= 11 is 0. The van der Waals surface area contributed by atoms with Gasteiger partial charge in [-0.3, -0.25) is 14.6 Å². The number of nitrogens with zero attached hydrogens (tertiary/aromatic N) is 2. The highest BCUT2D eigenvalue weighted by Crippen LogP contribution is 2.29. The minimum atomic E-state index is -0.323. The molecule has 5 nitrogen and oxygen atoms in total. The fourth-order valence-electron chi connectivity index (χ4n) is 3.21. The van der Waals surface area contributed by atoms with Crippen molar-refractivity contribution >= 4 is 17.5 Å². The van der Waals surface area contributed by atoms with Crippen molar-refractivity contribution in [1.82, 2.24) is 10.3 Å². The van der Waals surface area contributed by atoms with Crippen molar-refractivity contribution in [2.75, 3.05) is 11.4 Å². The molecule has 2 heterocycles. The monoisotopic (exact) mass is 337 g/mol. The van der Waals surface area contributed by atoms with Crippen molar-refractivity contribution in [1.29, 1.82) is 0 Å². The average molecular weight is 337 g/mol. The first-order chi connectivity index (χ1) is 12.0. The van der Waals surface area contributed by atoms with Crippen molar-refractivity contribution in [3.63, 3.8) is 0 Å². The van der Waals surface area contributed by atoms with Crippen LogP contribution in [0.1, 0.15) is 36.1 Å². The molecule has 0 bridgehead atoms. The predicted molar refractivity (Wildman–Crippen MR) is 97.2 cm³/mol. The van der Waals surface area contributed by atoms with Crippen molar-refractivity contribution in [2.45, 2.75) is 33.2 Å². The molecule has 25 heavy (non-hydrogen) atoms. The van der Waals surface area contributed by atoms with Crippen LogP contribution >= 0.6 is 0 Å². The quantitative estimate of drug-likeness (QED) is 0.933. The number of anilines is 1. The number of carbonyl (C=O) groups excluding carboxylic acids is 2. The molecule has 2 unspecified atom stereocenters. The summed E-state index contributed by atoms with van der Waals surface area (Å²) in [6.07, 6.45) is 3.67. The summed E-state index contributed by atoms with van der Waals surface area (Å²) in [5.41, 5.74) is 4.13. The van der Waals surface area contributed by atoms with Gasteiger partial charge in [0.15, 0.2) is 0 Å². The maximum Gasteiger partial charge on any atom is 0.227 e. The molecule has 130 valence electrons. The fraction of sp³-hybridized carbons (Fsp3) is 0.350. The van der Waals surface area contributed by atoms with E-state index < -0.39 is 0 Å². The first kappa shape index (κ1) is 17.1. The minimum absolute atomic E-state index is 0.00501. The van der Waals surface area contributed by atoms with Gasteiger partial charge in [0.25, 0.3) is 0 Å². The Balaban J connectivity index is 1.70. The third-order valence-electron chi connectivity index (χ3n) is 4.93. The highest BCUT2D eigenvalue weighted by atomic mass is 16.2. The van der Waals surface area contributed by atoms with E-state index in [9.17, 15) is 9.59 Å². The fourth-order valence-corrected chi connectivity index (χ4v) is 3.21. The van der Waals surface area contributed by atoms with Crippen LogP contribution in [0, 0.1) is 19.8 Å². The molecule has 1 N–H and O–H groups in total. The van der Waals surface area contributed by atoms with Gasteiger partial charge in [-0.1, -0.05) is 12.1 Å². The van der Waals surface area contributed by atoms with Gasteiger partial charge in [0, 0.05) is 31.0 Å². The standard InChI is InChI=1S/C20H23N3O2/c1-13-5-4-6-18(14(13)2)23-12-17(11-19(23)24)20(25)22-15(3)16-7-9-21-10-8-16/h4-10,15,17H,11-12H2,1-3H3,(H,22,25). The molecule has 1 aliphatic rings. The highest BCUT2D eigenvalue weighted by molar-refractivity contribution is 6.01. The van der Waals surface area contributed by atoms with Crippen LogP contribution in [0.2, 0.25) is 0 Å². The molecule has 2 aromatic rings. The smallest absolute Gasteiger partial charge is 0.227 e. The molecule has 3 rings (SSSR count). The Morgan fingerprint density at radius 3 is 2.68 bits per heavy atom. The van der Waals surface area contributed by atoms with Crippen LogP contribution in [0.25, 0.3) is 0 Å². The predicted octanol–water partition coefficient (Wildman–Crippen LogP) is 2.93. The SMILES string of the molecule is Cc1cccc(N2CC(C(=O)NC(C)c3ccncc3)CC2=O)c1C. The molecule has 1 aromatic carbocycles. The van der Waals surface area contributed by atoms with Crippen LogP contribution in [0.5, 0.6) is 0 Å². The summed E-state index contributed by atoms with van der Waals surface area (Å²) in [5, 5.41) is 3.01. The maximum absolute atomic E-state index is 12.6. The maximum atomic E-state index is 12.6. The molecule has 2 amide bonds. The summed E-state index contributed by atoms with van der Waals surface area (Å²) < 4.78 is 0. The molecule has 0 spiro atoms. The van der Waals surface area contributed by atoms with Gasteiger partial charge in [0.05, 0.1) is 12.0 Å². The molecule has 0 aliphatic carbocycles. The van der Waals surface area contributed by atoms with Crippen molar-refractivity contribution in [3.8, 4) is 0 Å². The number of carbonyl (C=O) groups is 2. The summed E-state index contributed by atoms with van der Waals surface area (Å²) in [5.74, 6) is -0.396. The summed E-state index contributed by atoms with van der Waals surface area (Å²) in [6, 6.07) is 9.57. The topological polar surface area (TPSA) is 62.3 Å². The largest absolute Gasteiger partial charge is 0.349 e. The number of amides is 2. The van der Waals surface area contributed by atoms with E-state index in [4.69, 9.17) is 0 Å². The second-order valence-electron chi connectivity index (χ2n) is 6.64. The molecule has 1 saturated heterocycles. The van der Waals surface area contributed by atoms with Crippen LogP contribution in [0.4, 0.5) is 5.69 Å².